The lowest BCUT2D eigenvalue weighted by atomic mass is 10.0. The van der Waals surface area contributed by atoms with Gasteiger partial charge in [-0.1, -0.05) is 11.8 Å². The minimum atomic E-state index is -1.08. The number of nitrogens with two attached hydrogens (primary N) is 1. The molecular weight excluding hydrogens is 338 g/mol. The number of nitrogens with zero attached hydrogens (tertiary/aromatic N) is 3. The van der Waals surface area contributed by atoms with Crippen LogP contribution in [0.5, 0.6) is 0 Å². The summed E-state index contributed by atoms with van der Waals surface area (Å²) in [6.07, 6.45) is 2.28. The highest BCUT2D eigenvalue weighted by molar-refractivity contribution is 8.01. The Bertz CT molecular complexity index is 714. The highest BCUT2D eigenvalue weighted by Gasteiger charge is 2.51. The minimum absolute atomic E-state index is 0.0749. The van der Waals surface area contributed by atoms with Gasteiger partial charge in [-0.15, -0.1) is 16.9 Å². The molecule has 8 nitrogen and oxygen atoms in total. The number of hydrogen-bond donors (Lipinski definition) is 3. The lowest BCUT2D eigenvalue weighted by molar-refractivity contribution is -0.147. The Morgan fingerprint density at radius 2 is 2.30 bits per heavy atom. The zero-order valence-electron chi connectivity index (χ0n) is 12.1. The highest BCUT2D eigenvalue weighted by atomic mass is 32.2. The molecule has 1 saturated heterocycles. The number of aromatic nitrogens is 3. The normalized spacial score (nSPS) is 27.0. The van der Waals surface area contributed by atoms with Crippen molar-refractivity contribution in [2.45, 2.75) is 35.3 Å². The zero-order chi connectivity index (χ0) is 16.1. The van der Waals surface area contributed by atoms with E-state index < -0.39 is 12.0 Å². The van der Waals surface area contributed by atoms with Gasteiger partial charge in [-0.05, 0) is 18.4 Å². The topological polar surface area (TPSA) is 125 Å². The molecule has 10 heteroatoms. The fourth-order valence-electron chi connectivity index (χ4n) is 2.70. The molecular formula is C13H15N5O3S2. The van der Waals surface area contributed by atoms with Crippen LogP contribution < -0.4 is 5.73 Å². The van der Waals surface area contributed by atoms with Gasteiger partial charge in [0.1, 0.15) is 22.9 Å². The van der Waals surface area contributed by atoms with E-state index in [-0.39, 0.29) is 17.0 Å². The van der Waals surface area contributed by atoms with Gasteiger partial charge in [0.05, 0.1) is 0 Å². The van der Waals surface area contributed by atoms with Crippen LogP contribution in [0.3, 0.4) is 0 Å². The number of carboxylic acid groups (broad SMARTS) is 1. The van der Waals surface area contributed by atoms with Gasteiger partial charge in [0, 0.05) is 17.4 Å². The summed E-state index contributed by atoms with van der Waals surface area (Å²) in [4.78, 5) is 29.2. The quantitative estimate of drug-likeness (QED) is 0.512. The third-order valence-electron chi connectivity index (χ3n) is 4.11. The summed E-state index contributed by atoms with van der Waals surface area (Å²) in [6.45, 7) is 0. The number of carboxylic acids is 1. The maximum atomic E-state index is 11.9. The van der Waals surface area contributed by atoms with Crippen molar-refractivity contribution in [3.05, 3.63) is 17.1 Å². The van der Waals surface area contributed by atoms with Crippen LogP contribution in [0.4, 0.5) is 0 Å². The molecule has 1 aliphatic carbocycles. The number of carbonyl (C=O) groups excluding carboxylic acids is 1. The Balaban J connectivity index is 1.51. The molecule has 1 aromatic rings. The van der Waals surface area contributed by atoms with Crippen molar-refractivity contribution >= 4 is 35.4 Å². The van der Waals surface area contributed by atoms with Gasteiger partial charge < -0.3 is 10.8 Å². The number of aliphatic carboxylic acids is 1. The largest absolute Gasteiger partial charge is 0.477 e. The van der Waals surface area contributed by atoms with Gasteiger partial charge in [-0.25, -0.2) is 9.78 Å². The van der Waals surface area contributed by atoms with Crippen LogP contribution in [-0.4, -0.2) is 60.0 Å². The predicted octanol–water partition coefficient (Wildman–Crippen LogP) is 0.355. The number of hydrogen-bond acceptors (Lipinski definition) is 7. The van der Waals surface area contributed by atoms with Crippen molar-refractivity contribution in [1.82, 2.24) is 20.1 Å². The number of H-pyrrole nitrogens is 1. The van der Waals surface area contributed by atoms with E-state index in [9.17, 15) is 14.7 Å². The first kappa shape index (κ1) is 15.0. The van der Waals surface area contributed by atoms with E-state index in [2.05, 4.69) is 15.2 Å². The minimum Gasteiger partial charge on any atom is -0.477 e. The summed E-state index contributed by atoms with van der Waals surface area (Å²) in [5, 5.41) is 16.9. The zero-order valence-corrected chi connectivity index (χ0v) is 13.7. The molecule has 2 aliphatic heterocycles. The van der Waals surface area contributed by atoms with Gasteiger partial charge in [-0.3, -0.25) is 14.8 Å². The highest BCUT2D eigenvalue weighted by Crippen LogP contribution is 2.41. The van der Waals surface area contributed by atoms with Crippen LogP contribution in [0.25, 0.3) is 0 Å². The summed E-state index contributed by atoms with van der Waals surface area (Å²) in [6, 6.07) is -0.599. The van der Waals surface area contributed by atoms with E-state index in [4.69, 9.17) is 5.73 Å². The molecule has 0 radical (unpaired) electrons. The molecule has 2 fully saturated rings. The molecule has 23 heavy (non-hydrogen) atoms. The average molecular weight is 353 g/mol. The summed E-state index contributed by atoms with van der Waals surface area (Å²) in [5.41, 5.74) is 6.51. The number of carbonyl (C=O) groups is 2. The number of fused-ring (bicyclic) bond motifs is 1. The van der Waals surface area contributed by atoms with E-state index in [0.29, 0.717) is 28.2 Å². The van der Waals surface area contributed by atoms with Crippen molar-refractivity contribution in [2.24, 2.45) is 5.73 Å². The summed E-state index contributed by atoms with van der Waals surface area (Å²) < 4.78 is 0. The smallest absolute Gasteiger partial charge is 0.352 e. The molecule has 3 aliphatic rings. The van der Waals surface area contributed by atoms with Crippen molar-refractivity contribution < 1.29 is 14.7 Å². The molecule has 1 saturated carbocycles. The van der Waals surface area contributed by atoms with Crippen LogP contribution >= 0.6 is 23.5 Å². The van der Waals surface area contributed by atoms with E-state index in [0.717, 1.165) is 18.7 Å². The Labute approximate surface area is 140 Å². The standard InChI is InChI=1S/C13H15N5O3S2/c14-7-10(19)18-8(12(20)21)6(3-22-11(7)18)4-23-13-15-9(16-17-13)5-1-2-5/h5,7,11H,1-4,14H2,(H,20,21)(H,15,16,17)/t7?,11-/m0/s1. The van der Waals surface area contributed by atoms with E-state index in [1.807, 2.05) is 0 Å². The molecule has 2 atom stereocenters. The second-order valence-electron chi connectivity index (χ2n) is 5.76. The molecule has 0 bridgehead atoms. The van der Waals surface area contributed by atoms with E-state index in [1.54, 1.807) is 0 Å². The monoisotopic (exact) mass is 353 g/mol. The van der Waals surface area contributed by atoms with Crippen LogP contribution in [0.2, 0.25) is 0 Å². The molecule has 122 valence electrons. The number of rotatable bonds is 5. The van der Waals surface area contributed by atoms with E-state index in [1.165, 1.54) is 28.4 Å². The van der Waals surface area contributed by atoms with Crippen molar-refractivity contribution in [3.63, 3.8) is 0 Å². The third kappa shape index (κ3) is 2.54. The number of β-lactam (4-membered cyclic amide) rings is 1. The second kappa shape index (κ2) is 5.53. The molecule has 4 rings (SSSR count). The first-order valence-electron chi connectivity index (χ1n) is 7.27. The van der Waals surface area contributed by atoms with Crippen molar-refractivity contribution in [3.8, 4) is 0 Å². The Morgan fingerprint density at radius 3 is 3.00 bits per heavy atom. The lowest BCUT2D eigenvalue weighted by Gasteiger charge is -2.48. The first-order chi connectivity index (χ1) is 11.1. The second-order valence-corrected chi connectivity index (χ2v) is 7.81. The van der Waals surface area contributed by atoms with Gasteiger partial charge in [0.15, 0.2) is 0 Å². The van der Waals surface area contributed by atoms with Gasteiger partial charge >= 0.3 is 5.97 Å². The van der Waals surface area contributed by atoms with Crippen molar-refractivity contribution in [2.75, 3.05) is 11.5 Å². The summed E-state index contributed by atoms with van der Waals surface area (Å²) in [7, 11) is 0. The number of nitrogens with one attached hydrogen (secondary N) is 1. The SMILES string of the molecule is NC1C(=O)N2C(C(=O)O)=C(CSc3n[nH]c(C4CC4)n3)CS[C@@H]12. The molecule has 1 amide bonds. The predicted molar refractivity (Wildman–Crippen MR) is 84.8 cm³/mol. The van der Waals surface area contributed by atoms with Crippen LogP contribution in [0, 0.1) is 0 Å². The van der Waals surface area contributed by atoms with Crippen LogP contribution in [-0.2, 0) is 9.59 Å². The van der Waals surface area contributed by atoms with E-state index >= 15 is 0 Å². The Kier molecular flexibility index (Phi) is 3.62. The average Bonchev–Trinajstić information content (AvgIpc) is 3.29. The first-order valence-corrected chi connectivity index (χ1v) is 9.30. The number of amides is 1. The maximum Gasteiger partial charge on any atom is 0.352 e. The fourth-order valence-corrected chi connectivity index (χ4v) is 4.94. The Hall–Kier alpha value is -1.52. The summed E-state index contributed by atoms with van der Waals surface area (Å²) >= 11 is 2.89. The van der Waals surface area contributed by atoms with Gasteiger partial charge in [-0.2, -0.15) is 0 Å². The maximum absolute atomic E-state index is 11.9. The number of aromatic amines is 1. The molecule has 3 heterocycles. The Morgan fingerprint density at radius 1 is 1.52 bits per heavy atom. The molecule has 0 aromatic carbocycles. The molecule has 1 unspecified atom stereocenters. The van der Waals surface area contributed by atoms with Crippen LogP contribution in [0.1, 0.15) is 24.6 Å². The van der Waals surface area contributed by atoms with Crippen molar-refractivity contribution in [1.29, 1.82) is 0 Å². The number of thioether (sulfide) groups is 2. The van der Waals surface area contributed by atoms with Gasteiger partial charge in [0.2, 0.25) is 11.1 Å². The molecule has 0 spiro atoms. The van der Waals surface area contributed by atoms with Crippen LogP contribution in [0.15, 0.2) is 16.4 Å². The third-order valence-corrected chi connectivity index (χ3v) is 6.41. The summed E-state index contributed by atoms with van der Waals surface area (Å²) in [5.74, 6) is 0.994. The molecule has 4 N–H and O–H groups in total. The van der Waals surface area contributed by atoms with Gasteiger partial charge in [0.25, 0.3) is 0 Å². The lowest BCUT2D eigenvalue weighted by Crippen LogP contribution is -2.68. The fraction of sp³-hybridized carbons (Fsp3) is 0.538. The molecule has 1 aromatic heterocycles.